The van der Waals surface area contributed by atoms with Gasteiger partial charge in [0.05, 0.1) is 11.6 Å². The fourth-order valence-corrected chi connectivity index (χ4v) is 3.20. The zero-order valence-corrected chi connectivity index (χ0v) is 15.3. The predicted molar refractivity (Wildman–Crippen MR) is 91.6 cm³/mol. The van der Waals surface area contributed by atoms with Crippen LogP contribution in [0.15, 0.2) is 6.07 Å². The first kappa shape index (κ1) is 18.0. The van der Waals surface area contributed by atoms with Crippen molar-refractivity contribution < 1.29 is 9.90 Å². The molecular weight excluding hydrogens is 290 g/mol. The van der Waals surface area contributed by atoms with Crippen molar-refractivity contribution in [3.8, 4) is 0 Å². The van der Waals surface area contributed by atoms with E-state index in [9.17, 15) is 9.90 Å². The third-order valence-electron chi connectivity index (χ3n) is 4.61. The van der Waals surface area contributed by atoms with E-state index in [1.165, 1.54) is 0 Å². The van der Waals surface area contributed by atoms with E-state index in [0.29, 0.717) is 18.2 Å². The smallest absolute Gasteiger partial charge is 0.274 e. The van der Waals surface area contributed by atoms with E-state index in [2.05, 4.69) is 39.7 Å². The highest BCUT2D eigenvalue weighted by Crippen LogP contribution is 2.26. The zero-order valence-electron chi connectivity index (χ0n) is 15.3. The highest BCUT2D eigenvalue weighted by molar-refractivity contribution is 5.92. The summed E-state index contributed by atoms with van der Waals surface area (Å²) >= 11 is 0. The minimum Gasteiger partial charge on any atom is -0.393 e. The molecule has 1 aliphatic heterocycles. The van der Waals surface area contributed by atoms with Crippen molar-refractivity contribution in [2.24, 2.45) is 5.92 Å². The van der Waals surface area contributed by atoms with Gasteiger partial charge in [-0.3, -0.25) is 9.48 Å². The third kappa shape index (κ3) is 3.94. The Morgan fingerprint density at radius 1 is 1.35 bits per heavy atom. The third-order valence-corrected chi connectivity index (χ3v) is 4.61. The molecule has 0 spiro atoms. The molecule has 2 rings (SSSR count). The SMILES string of the molecule is CC(C)c1cc(C(=O)N2CCCC(C(C)O)C2)nn1C(C)(C)C. The first-order valence-corrected chi connectivity index (χ1v) is 8.69. The summed E-state index contributed by atoms with van der Waals surface area (Å²) in [7, 11) is 0. The van der Waals surface area contributed by atoms with Crippen LogP contribution in [0.2, 0.25) is 0 Å². The molecule has 2 heterocycles. The molecule has 5 nitrogen and oxygen atoms in total. The first-order valence-electron chi connectivity index (χ1n) is 8.69. The molecule has 130 valence electrons. The number of amides is 1. The van der Waals surface area contributed by atoms with Gasteiger partial charge in [-0.1, -0.05) is 13.8 Å². The van der Waals surface area contributed by atoms with Crippen molar-refractivity contribution in [1.82, 2.24) is 14.7 Å². The lowest BCUT2D eigenvalue weighted by Crippen LogP contribution is -2.43. The number of carbonyl (C=O) groups is 1. The molecule has 1 aliphatic rings. The van der Waals surface area contributed by atoms with Crippen molar-refractivity contribution >= 4 is 5.91 Å². The second-order valence-electron chi connectivity index (χ2n) is 8.09. The topological polar surface area (TPSA) is 58.4 Å². The van der Waals surface area contributed by atoms with Gasteiger partial charge in [-0.15, -0.1) is 0 Å². The number of aliphatic hydroxyl groups excluding tert-OH is 1. The lowest BCUT2D eigenvalue weighted by Gasteiger charge is -2.33. The fourth-order valence-electron chi connectivity index (χ4n) is 3.20. The molecule has 0 aromatic carbocycles. The lowest BCUT2D eigenvalue weighted by atomic mass is 9.93. The number of hydrogen-bond donors (Lipinski definition) is 1. The van der Waals surface area contributed by atoms with Crippen molar-refractivity contribution in [2.75, 3.05) is 13.1 Å². The molecule has 2 unspecified atom stereocenters. The molecule has 1 amide bonds. The van der Waals surface area contributed by atoms with E-state index in [4.69, 9.17) is 0 Å². The van der Waals surface area contributed by atoms with Gasteiger partial charge in [0.15, 0.2) is 5.69 Å². The Morgan fingerprint density at radius 3 is 2.48 bits per heavy atom. The standard InChI is InChI=1S/C18H31N3O2/c1-12(2)16-10-15(19-21(16)18(4,5)6)17(23)20-9-7-8-14(11-20)13(3)22/h10,12-14,22H,7-9,11H2,1-6H3. The Morgan fingerprint density at radius 2 is 2.00 bits per heavy atom. The van der Waals surface area contributed by atoms with Crippen LogP contribution >= 0.6 is 0 Å². The van der Waals surface area contributed by atoms with Gasteiger partial charge < -0.3 is 10.0 Å². The monoisotopic (exact) mass is 321 g/mol. The molecule has 0 bridgehead atoms. The van der Waals surface area contributed by atoms with Gasteiger partial charge in [0.2, 0.25) is 0 Å². The number of likely N-dealkylation sites (tertiary alicyclic amines) is 1. The summed E-state index contributed by atoms with van der Waals surface area (Å²) in [5.41, 5.74) is 1.46. The van der Waals surface area contributed by atoms with Gasteiger partial charge in [-0.05, 0) is 52.5 Å². The molecule has 1 saturated heterocycles. The number of aromatic nitrogens is 2. The van der Waals surface area contributed by atoms with Crippen molar-refractivity contribution in [1.29, 1.82) is 0 Å². The van der Waals surface area contributed by atoms with Crippen LogP contribution in [0, 0.1) is 5.92 Å². The van der Waals surface area contributed by atoms with E-state index in [0.717, 1.165) is 25.1 Å². The van der Waals surface area contributed by atoms with Gasteiger partial charge in [-0.2, -0.15) is 5.10 Å². The number of hydrogen-bond acceptors (Lipinski definition) is 3. The highest BCUT2D eigenvalue weighted by Gasteiger charge is 2.30. The molecule has 1 aromatic rings. The summed E-state index contributed by atoms with van der Waals surface area (Å²) in [4.78, 5) is 14.7. The molecule has 0 saturated carbocycles. The van der Waals surface area contributed by atoms with Crippen molar-refractivity contribution in [3.63, 3.8) is 0 Å². The molecule has 1 fully saturated rings. The van der Waals surface area contributed by atoms with E-state index in [-0.39, 0.29) is 23.5 Å². The van der Waals surface area contributed by atoms with Gasteiger partial charge in [0.1, 0.15) is 0 Å². The Labute approximate surface area is 139 Å². The number of piperidine rings is 1. The van der Waals surface area contributed by atoms with Crippen LogP contribution in [0.25, 0.3) is 0 Å². The molecule has 1 aromatic heterocycles. The number of carbonyl (C=O) groups excluding carboxylic acids is 1. The summed E-state index contributed by atoms with van der Waals surface area (Å²) in [5.74, 6) is 0.470. The largest absolute Gasteiger partial charge is 0.393 e. The second kappa shape index (κ2) is 6.63. The van der Waals surface area contributed by atoms with Crippen LogP contribution in [0.5, 0.6) is 0 Å². The Bertz CT molecular complexity index is 555. The Balaban J connectivity index is 2.26. The highest BCUT2D eigenvalue weighted by atomic mass is 16.3. The average Bonchev–Trinajstić information content (AvgIpc) is 2.92. The average molecular weight is 321 g/mol. The Hall–Kier alpha value is -1.36. The van der Waals surface area contributed by atoms with Crippen LogP contribution in [-0.2, 0) is 5.54 Å². The Kier molecular flexibility index (Phi) is 5.19. The number of nitrogens with zero attached hydrogens (tertiary/aromatic N) is 3. The van der Waals surface area contributed by atoms with Gasteiger partial charge in [0.25, 0.3) is 5.91 Å². The van der Waals surface area contributed by atoms with Gasteiger partial charge in [0, 0.05) is 24.7 Å². The molecule has 5 heteroatoms. The molecule has 1 N–H and O–H groups in total. The summed E-state index contributed by atoms with van der Waals surface area (Å²) in [6.45, 7) is 13.7. The summed E-state index contributed by atoms with van der Waals surface area (Å²) in [6.07, 6.45) is 1.55. The lowest BCUT2D eigenvalue weighted by molar-refractivity contribution is 0.0460. The predicted octanol–water partition coefficient (Wildman–Crippen LogP) is 2.99. The molecule has 2 atom stereocenters. The van der Waals surface area contributed by atoms with E-state index >= 15 is 0 Å². The van der Waals surface area contributed by atoms with Crippen molar-refractivity contribution in [3.05, 3.63) is 17.5 Å². The van der Waals surface area contributed by atoms with Crippen LogP contribution in [-0.4, -0.2) is 44.9 Å². The molecular formula is C18H31N3O2. The van der Waals surface area contributed by atoms with Crippen LogP contribution in [0.1, 0.15) is 76.5 Å². The van der Waals surface area contributed by atoms with Gasteiger partial charge in [-0.25, -0.2) is 0 Å². The summed E-state index contributed by atoms with van der Waals surface area (Å²) in [5, 5.41) is 14.4. The summed E-state index contributed by atoms with van der Waals surface area (Å²) in [6, 6.07) is 1.93. The maximum Gasteiger partial charge on any atom is 0.274 e. The van der Waals surface area contributed by atoms with Crippen LogP contribution in [0.4, 0.5) is 0 Å². The maximum atomic E-state index is 12.9. The molecule has 0 radical (unpaired) electrons. The van der Waals surface area contributed by atoms with Crippen LogP contribution in [0.3, 0.4) is 0 Å². The van der Waals surface area contributed by atoms with E-state index < -0.39 is 0 Å². The number of aliphatic hydroxyl groups is 1. The van der Waals surface area contributed by atoms with Crippen molar-refractivity contribution in [2.45, 2.75) is 71.9 Å². The quantitative estimate of drug-likeness (QED) is 0.931. The number of rotatable bonds is 3. The second-order valence-corrected chi connectivity index (χ2v) is 8.09. The van der Waals surface area contributed by atoms with E-state index in [1.807, 2.05) is 22.6 Å². The maximum absolute atomic E-state index is 12.9. The minimum absolute atomic E-state index is 0.0137. The van der Waals surface area contributed by atoms with Crippen LogP contribution < -0.4 is 0 Å². The summed E-state index contributed by atoms with van der Waals surface area (Å²) < 4.78 is 1.97. The minimum atomic E-state index is -0.371. The molecule has 23 heavy (non-hydrogen) atoms. The normalized spacial score (nSPS) is 20.9. The first-order chi connectivity index (χ1) is 10.6. The fraction of sp³-hybridized carbons (Fsp3) is 0.778. The zero-order chi connectivity index (χ0) is 17.4. The van der Waals surface area contributed by atoms with E-state index in [1.54, 1.807) is 0 Å². The van der Waals surface area contributed by atoms with Gasteiger partial charge >= 0.3 is 0 Å². The molecule has 0 aliphatic carbocycles.